The quantitative estimate of drug-likeness (QED) is 0.188. The van der Waals surface area contributed by atoms with Gasteiger partial charge >= 0.3 is 0 Å². The van der Waals surface area contributed by atoms with Crippen molar-refractivity contribution in [2.75, 3.05) is 16.8 Å². The lowest BCUT2D eigenvalue weighted by atomic mass is 9.93. The molecule has 2 N–H and O–H groups in total. The van der Waals surface area contributed by atoms with Crippen molar-refractivity contribution in [2.45, 2.75) is 46.1 Å². The average Bonchev–Trinajstić information content (AvgIpc) is 3.41. The van der Waals surface area contributed by atoms with Crippen LogP contribution in [0.25, 0.3) is 5.69 Å². The topological polar surface area (TPSA) is 87.3 Å². The molecule has 4 aromatic carbocycles. The van der Waals surface area contributed by atoms with Crippen LogP contribution in [0.3, 0.4) is 0 Å². The second-order valence-corrected chi connectivity index (χ2v) is 11.3. The van der Waals surface area contributed by atoms with Gasteiger partial charge in [-0.05, 0) is 86.3 Å². The van der Waals surface area contributed by atoms with Gasteiger partial charge in [-0.15, -0.1) is 0 Å². The van der Waals surface area contributed by atoms with Gasteiger partial charge in [-0.3, -0.25) is 0 Å². The number of aryl methyl sites for hydroxylation is 2. The van der Waals surface area contributed by atoms with Gasteiger partial charge in [0.2, 0.25) is 0 Å². The molecule has 8 heteroatoms. The van der Waals surface area contributed by atoms with E-state index in [2.05, 4.69) is 47.5 Å². The summed E-state index contributed by atoms with van der Waals surface area (Å²) in [5.41, 5.74) is 7.74. The molecule has 0 saturated carbocycles. The molecule has 5 aromatic rings. The fourth-order valence-electron chi connectivity index (χ4n) is 6.11. The normalized spacial score (nSPS) is 15.0. The number of ether oxygens (including phenoxy) is 1. The Labute approximate surface area is 263 Å². The summed E-state index contributed by atoms with van der Waals surface area (Å²) >= 11 is 0. The number of rotatable bonds is 8. The van der Waals surface area contributed by atoms with Gasteiger partial charge in [-0.1, -0.05) is 61.9 Å². The summed E-state index contributed by atoms with van der Waals surface area (Å²) in [6.45, 7) is 6.59. The van der Waals surface area contributed by atoms with Crippen LogP contribution in [0.2, 0.25) is 0 Å². The van der Waals surface area contributed by atoms with Crippen molar-refractivity contribution in [3.05, 3.63) is 119 Å². The van der Waals surface area contributed by atoms with E-state index < -0.39 is 0 Å². The number of aromatic nitrogens is 2. The zero-order valence-electron chi connectivity index (χ0n) is 25.7. The van der Waals surface area contributed by atoms with Crippen molar-refractivity contribution in [1.82, 2.24) is 9.78 Å². The third-order valence-corrected chi connectivity index (χ3v) is 8.27. The van der Waals surface area contributed by atoms with Crippen LogP contribution in [0.15, 0.2) is 107 Å². The Hall–Kier alpha value is -5.37. The van der Waals surface area contributed by atoms with Crippen molar-refractivity contribution in [3.63, 3.8) is 0 Å². The van der Waals surface area contributed by atoms with Crippen LogP contribution >= 0.6 is 0 Å². The summed E-state index contributed by atoms with van der Waals surface area (Å²) < 4.78 is 7.75. The van der Waals surface area contributed by atoms with E-state index in [1.807, 2.05) is 79.2 Å². The number of aromatic hydroxyl groups is 1. The maximum absolute atomic E-state index is 10.6. The van der Waals surface area contributed by atoms with Crippen LogP contribution in [-0.4, -0.2) is 33.2 Å². The van der Waals surface area contributed by atoms with Gasteiger partial charge in [0.1, 0.15) is 0 Å². The van der Waals surface area contributed by atoms with Gasteiger partial charge in [0.15, 0.2) is 29.0 Å². The first-order valence-corrected chi connectivity index (χ1v) is 15.6. The first-order chi connectivity index (χ1) is 22.1. The Bertz CT molecular complexity index is 1910. The summed E-state index contributed by atoms with van der Waals surface area (Å²) in [6.07, 6.45) is 3.40. The molecule has 0 unspecified atom stereocenters. The molecule has 0 radical (unpaired) electrons. The standard InChI is InChI=1S/C37H36N6O2/c1-4-6-12-25-17-20-27(21-18-25)38-35-37-40-36-33(24(3)41-43(36)28-13-8-7-9-14-28)34(26-19-22-31(44)32(23-26)45-5-2)42(37)30-16-11-10-15-29(30)39-35/h7-11,13-23,34,44H,4-6,12H2,1-3H3,(H,38,39)/t34-/m1/s1. The number of aliphatic imine (C=N–C) groups is 2. The van der Waals surface area contributed by atoms with Gasteiger partial charge < -0.3 is 20.1 Å². The number of para-hydroxylation sites is 3. The van der Waals surface area contributed by atoms with Crippen molar-refractivity contribution >= 4 is 34.6 Å². The SMILES string of the molecule is CCCCc1ccc(NC2=Nc3ccccc3N3C2=Nc2c(c(C)nn2-c2ccccc2)[C@H]3c2ccc(O)c(OCC)c2)cc1. The Balaban J connectivity index is 1.43. The summed E-state index contributed by atoms with van der Waals surface area (Å²) in [5, 5.41) is 19.2. The van der Waals surface area contributed by atoms with Crippen LogP contribution in [0.5, 0.6) is 11.5 Å². The van der Waals surface area contributed by atoms with E-state index >= 15 is 0 Å². The van der Waals surface area contributed by atoms with Crippen molar-refractivity contribution in [1.29, 1.82) is 0 Å². The van der Waals surface area contributed by atoms with Crippen LogP contribution in [0.4, 0.5) is 22.9 Å². The van der Waals surface area contributed by atoms with E-state index in [0.29, 0.717) is 24.0 Å². The number of phenols is 1. The van der Waals surface area contributed by atoms with E-state index in [4.69, 9.17) is 19.8 Å². The zero-order chi connectivity index (χ0) is 30.9. The van der Waals surface area contributed by atoms with Crippen molar-refractivity contribution in [3.8, 4) is 17.2 Å². The second-order valence-electron chi connectivity index (χ2n) is 11.3. The van der Waals surface area contributed by atoms with Gasteiger partial charge in [-0.2, -0.15) is 5.10 Å². The molecule has 0 bridgehead atoms. The number of amidine groups is 2. The lowest BCUT2D eigenvalue weighted by Crippen LogP contribution is -2.46. The smallest absolute Gasteiger partial charge is 0.179 e. The van der Waals surface area contributed by atoms with Crippen LogP contribution in [0, 0.1) is 6.92 Å². The molecule has 0 saturated heterocycles. The van der Waals surface area contributed by atoms with Gasteiger partial charge in [0.05, 0.1) is 35.4 Å². The second kappa shape index (κ2) is 12.0. The molecule has 226 valence electrons. The van der Waals surface area contributed by atoms with Gasteiger partial charge in [-0.25, -0.2) is 14.7 Å². The van der Waals surface area contributed by atoms with Gasteiger partial charge in [0, 0.05) is 11.3 Å². The van der Waals surface area contributed by atoms with Crippen LogP contribution in [0.1, 0.15) is 55.1 Å². The fourth-order valence-corrected chi connectivity index (χ4v) is 6.11. The highest BCUT2D eigenvalue weighted by Crippen LogP contribution is 2.49. The molecule has 8 nitrogen and oxygen atoms in total. The highest BCUT2D eigenvalue weighted by atomic mass is 16.5. The largest absolute Gasteiger partial charge is 0.504 e. The van der Waals surface area contributed by atoms with E-state index in [1.165, 1.54) is 18.4 Å². The van der Waals surface area contributed by atoms with Crippen molar-refractivity contribution in [2.24, 2.45) is 9.98 Å². The number of fused-ring (bicyclic) bond motifs is 4. The number of nitrogens with zero attached hydrogens (tertiary/aromatic N) is 5. The maximum Gasteiger partial charge on any atom is 0.179 e. The number of nitrogens with one attached hydrogen (secondary N) is 1. The molecule has 0 fully saturated rings. The molecule has 0 aliphatic carbocycles. The molecule has 2 aliphatic heterocycles. The molecule has 3 heterocycles. The van der Waals surface area contributed by atoms with E-state index in [0.717, 1.165) is 51.8 Å². The first-order valence-electron chi connectivity index (χ1n) is 15.6. The summed E-state index contributed by atoms with van der Waals surface area (Å²) in [5.74, 6) is 2.61. The molecule has 1 aromatic heterocycles. The Morgan fingerprint density at radius 2 is 1.67 bits per heavy atom. The lowest BCUT2D eigenvalue weighted by Gasteiger charge is -2.40. The maximum atomic E-state index is 10.6. The molecule has 0 spiro atoms. The summed E-state index contributed by atoms with van der Waals surface area (Å²) in [4.78, 5) is 12.7. The number of hydrogen-bond donors (Lipinski definition) is 2. The highest BCUT2D eigenvalue weighted by molar-refractivity contribution is 6.51. The minimum Gasteiger partial charge on any atom is -0.504 e. The zero-order valence-corrected chi connectivity index (χ0v) is 25.7. The number of benzene rings is 4. The molecule has 0 amide bonds. The van der Waals surface area contributed by atoms with Crippen LogP contribution in [-0.2, 0) is 6.42 Å². The predicted octanol–water partition coefficient (Wildman–Crippen LogP) is 8.42. The monoisotopic (exact) mass is 596 g/mol. The van der Waals surface area contributed by atoms with E-state index in [-0.39, 0.29) is 11.8 Å². The Kier molecular flexibility index (Phi) is 7.55. The summed E-state index contributed by atoms with van der Waals surface area (Å²) in [7, 11) is 0. The van der Waals surface area contributed by atoms with Crippen LogP contribution < -0.4 is 15.0 Å². The molecular formula is C37H36N6O2. The predicted molar refractivity (Wildman–Crippen MR) is 181 cm³/mol. The molecule has 7 rings (SSSR count). The lowest BCUT2D eigenvalue weighted by molar-refractivity contribution is 0.317. The number of phenolic OH excluding ortho intramolecular Hbond substituents is 1. The number of unbranched alkanes of at least 4 members (excludes halogenated alkanes) is 1. The molecular weight excluding hydrogens is 560 g/mol. The highest BCUT2D eigenvalue weighted by Gasteiger charge is 2.41. The molecule has 45 heavy (non-hydrogen) atoms. The number of hydrogen-bond acceptors (Lipinski definition) is 7. The Morgan fingerprint density at radius 3 is 2.44 bits per heavy atom. The molecule has 2 aliphatic rings. The third-order valence-electron chi connectivity index (χ3n) is 8.27. The van der Waals surface area contributed by atoms with E-state index in [9.17, 15) is 5.11 Å². The fraction of sp³-hybridized carbons (Fsp3) is 0.216. The minimum absolute atomic E-state index is 0.104. The molecule has 1 atom stereocenters. The van der Waals surface area contributed by atoms with Crippen molar-refractivity contribution < 1.29 is 9.84 Å². The van der Waals surface area contributed by atoms with E-state index in [1.54, 1.807) is 6.07 Å². The average molecular weight is 597 g/mol. The number of anilines is 2. The van der Waals surface area contributed by atoms with Gasteiger partial charge in [0.25, 0.3) is 0 Å². The summed E-state index contributed by atoms with van der Waals surface area (Å²) in [6, 6.07) is 32.0. The third kappa shape index (κ3) is 5.22. The Morgan fingerprint density at radius 1 is 0.889 bits per heavy atom. The minimum atomic E-state index is -0.324. The first kappa shape index (κ1) is 28.4.